The van der Waals surface area contributed by atoms with Crippen molar-refractivity contribution in [2.45, 2.75) is 0 Å². The molecule has 0 bridgehead atoms. The zero-order chi connectivity index (χ0) is 10.1. The number of rotatable bonds is 1. The number of pyridine rings is 1. The Kier molecular flexibility index (Phi) is 1.78. The monoisotopic (exact) mass is 194 g/mol. The maximum Gasteiger partial charge on any atom is 0.144 e. The molecule has 72 valence electrons. The molecule has 0 aliphatic heterocycles. The van der Waals surface area contributed by atoms with Gasteiger partial charge in [0, 0.05) is 24.0 Å². The molecule has 3 aromatic rings. The van der Waals surface area contributed by atoms with E-state index < -0.39 is 0 Å². The number of fused-ring (bicyclic) bond motifs is 1. The molecule has 1 aromatic carbocycles. The molecule has 2 nitrogen and oxygen atoms in total. The second kappa shape index (κ2) is 3.24. The van der Waals surface area contributed by atoms with Crippen molar-refractivity contribution in [1.29, 1.82) is 0 Å². The van der Waals surface area contributed by atoms with Crippen LogP contribution < -0.4 is 0 Å². The Morgan fingerprint density at radius 1 is 0.867 bits per heavy atom. The van der Waals surface area contributed by atoms with E-state index in [9.17, 15) is 0 Å². The van der Waals surface area contributed by atoms with Gasteiger partial charge in [-0.3, -0.25) is 0 Å². The highest BCUT2D eigenvalue weighted by molar-refractivity contribution is 5.88. The van der Waals surface area contributed by atoms with Crippen LogP contribution in [0.5, 0.6) is 0 Å². The highest BCUT2D eigenvalue weighted by Gasteiger charge is 2.01. The molecule has 0 aliphatic rings. The minimum Gasteiger partial charge on any atom is -0.308 e. The van der Waals surface area contributed by atoms with Crippen molar-refractivity contribution in [2.75, 3.05) is 0 Å². The molecule has 0 radical (unpaired) electrons. The maximum absolute atomic E-state index is 4.41. The summed E-state index contributed by atoms with van der Waals surface area (Å²) in [5, 5.41) is 2.40. The fourth-order valence-corrected chi connectivity index (χ4v) is 1.79. The minimum absolute atomic E-state index is 0.984. The molecule has 2 heteroatoms. The predicted molar refractivity (Wildman–Crippen MR) is 61.1 cm³/mol. The van der Waals surface area contributed by atoms with E-state index >= 15 is 0 Å². The summed E-state index contributed by atoms with van der Waals surface area (Å²) in [5.74, 6) is 0.984. The molecule has 0 unspecified atom stereocenters. The molecular formula is C13H10N2. The summed E-state index contributed by atoms with van der Waals surface area (Å²) in [5.41, 5.74) is 0. The van der Waals surface area contributed by atoms with Crippen LogP contribution in [0, 0.1) is 0 Å². The van der Waals surface area contributed by atoms with Crippen molar-refractivity contribution in [3.05, 3.63) is 61.1 Å². The normalized spacial score (nSPS) is 10.7. The molecule has 0 fully saturated rings. The summed E-state index contributed by atoms with van der Waals surface area (Å²) in [4.78, 5) is 4.41. The fourth-order valence-electron chi connectivity index (χ4n) is 1.79. The molecule has 0 aliphatic carbocycles. The molecule has 0 atom stereocenters. The maximum atomic E-state index is 4.41. The molecule has 0 spiro atoms. The number of benzene rings is 1. The molecule has 15 heavy (non-hydrogen) atoms. The lowest BCUT2D eigenvalue weighted by Gasteiger charge is -2.05. The van der Waals surface area contributed by atoms with E-state index in [0.29, 0.717) is 0 Å². The molecule has 2 aromatic heterocycles. The van der Waals surface area contributed by atoms with Crippen molar-refractivity contribution in [2.24, 2.45) is 0 Å². The molecular weight excluding hydrogens is 184 g/mol. The highest BCUT2D eigenvalue weighted by Crippen LogP contribution is 2.19. The highest BCUT2D eigenvalue weighted by atomic mass is 15.0. The Labute approximate surface area is 87.8 Å². The van der Waals surface area contributed by atoms with Gasteiger partial charge in [0.1, 0.15) is 5.82 Å². The van der Waals surface area contributed by atoms with Crippen molar-refractivity contribution < 1.29 is 0 Å². The molecule has 0 saturated carbocycles. The van der Waals surface area contributed by atoms with E-state index in [1.807, 2.05) is 53.5 Å². The van der Waals surface area contributed by atoms with Gasteiger partial charge in [0.2, 0.25) is 0 Å². The summed E-state index contributed by atoms with van der Waals surface area (Å²) >= 11 is 0. The van der Waals surface area contributed by atoms with Crippen LogP contribution >= 0.6 is 0 Å². The SMILES string of the molecule is c1ccc2c(-n3cccc3)nccc2c1. The number of hydrogen-bond acceptors (Lipinski definition) is 1. The third-order valence-electron chi connectivity index (χ3n) is 2.50. The number of nitrogens with zero attached hydrogens (tertiary/aromatic N) is 2. The first-order chi connectivity index (χ1) is 7.45. The van der Waals surface area contributed by atoms with Crippen LogP contribution in [0.2, 0.25) is 0 Å². The van der Waals surface area contributed by atoms with Crippen LogP contribution in [-0.2, 0) is 0 Å². The lowest BCUT2D eigenvalue weighted by molar-refractivity contribution is 1.02. The van der Waals surface area contributed by atoms with Crippen molar-refractivity contribution >= 4 is 10.8 Å². The van der Waals surface area contributed by atoms with Crippen molar-refractivity contribution in [3.8, 4) is 5.82 Å². The zero-order valence-electron chi connectivity index (χ0n) is 8.17. The summed E-state index contributed by atoms with van der Waals surface area (Å²) in [6, 6.07) is 14.3. The smallest absolute Gasteiger partial charge is 0.144 e. The van der Waals surface area contributed by atoms with Gasteiger partial charge in [-0.25, -0.2) is 4.98 Å². The molecule has 3 rings (SSSR count). The third kappa shape index (κ3) is 1.31. The predicted octanol–water partition coefficient (Wildman–Crippen LogP) is 3.03. The molecule has 0 amide bonds. The van der Waals surface area contributed by atoms with Gasteiger partial charge in [0.15, 0.2) is 0 Å². The van der Waals surface area contributed by atoms with E-state index in [2.05, 4.69) is 17.1 Å². The Bertz CT molecular complexity index is 577. The van der Waals surface area contributed by atoms with E-state index in [0.717, 1.165) is 5.82 Å². The Morgan fingerprint density at radius 2 is 1.67 bits per heavy atom. The lowest BCUT2D eigenvalue weighted by Crippen LogP contribution is -1.94. The molecule has 2 heterocycles. The van der Waals surface area contributed by atoms with E-state index in [1.54, 1.807) is 0 Å². The first-order valence-electron chi connectivity index (χ1n) is 4.92. The quantitative estimate of drug-likeness (QED) is 0.582. The van der Waals surface area contributed by atoms with Crippen LogP contribution in [0.3, 0.4) is 0 Å². The largest absolute Gasteiger partial charge is 0.308 e. The van der Waals surface area contributed by atoms with Crippen LogP contribution in [0.25, 0.3) is 16.6 Å². The Hall–Kier alpha value is -2.09. The molecule has 0 N–H and O–H groups in total. The van der Waals surface area contributed by atoms with Gasteiger partial charge in [-0.15, -0.1) is 0 Å². The summed E-state index contributed by atoms with van der Waals surface area (Å²) in [7, 11) is 0. The zero-order valence-corrected chi connectivity index (χ0v) is 8.17. The van der Waals surface area contributed by atoms with Crippen LogP contribution in [0.1, 0.15) is 0 Å². The number of hydrogen-bond donors (Lipinski definition) is 0. The van der Waals surface area contributed by atoms with Gasteiger partial charge in [0.25, 0.3) is 0 Å². The average Bonchev–Trinajstić information content (AvgIpc) is 2.82. The topological polar surface area (TPSA) is 17.8 Å². The van der Waals surface area contributed by atoms with Crippen LogP contribution in [0.4, 0.5) is 0 Å². The van der Waals surface area contributed by atoms with E-state index in [1.165, 1.54) is 10.8 Å². The molecule has 0 saturated heterocycles. The standard InChI is InChI=1S/C13H10N2/c1-2-6-12-11(5-1)7-8-14-13(12)15-9-3-4-10-15/h1-10H. The first-order valence-corrected chi connectivity index (χ1v) is 4.92. The van der Waals surface area contributed by atoms with Gasteiger partial charge in [-0.05, 0) is 23.6 Å². The van der Waals surface area contributed by atoms with Gasteiger partial charge < -0.3 is 4.57 Å². The second-order valence-electron chi connectivity index (χ2n) is 3.45. The lowest BCUT2D eigenvalue weighted by atomic mass is 10.1. The van der Waals surface area contributed by atoms with Crippen LogP contribution in [-0.4, -0.2) is 9.55 Å². The summed E-state index contributed by atoms with van der Waals surface area (Å²) in [6.45, 7) is 0. The van der Waals surface area contributed by atoms with Gasteiger partial charge in [0.05, 0.1) is 0 Å². The first kappa shape index (κ1) is 8.24. The van der Waals surface area contributed by atoms with E-state index in [4.69, 9.17) is 0 Å². The number of aromatic nitrogens is 2. The minimum atomic E-state index is 0.984. The summed E-state index contributed by atoms with van der Waals surface area (Å²) in [6.07, 6.45) is 5.86. The second-order valence-corrected chi connectivity index (χ2v) is 3.45. The fraction of sp³-hybridized carbons (Fsp3) is 0. The Morgan fingerprint density at radius 3 is 2.53 bits per heavy atom. The van der Waals surface area contributed by atoms with Crippen molar-refractivity contribution in [1.82, 2.24) is 9.55 Å². The average molecular weight is 194 g/mol. The third-order valence-corrected chi connectivity index (χ3v) is 2.50. The van der Waals surface area contributed by atoms with Crippen LogP contribution in [0.15, 0.2) is 61.1 Å². The van der Waals surface area contributed by atoms with Gasteiger partial charge in [-0.1, -0.05) is 24.3 Å². The van der Waals surface area contributed by atoms with Crippen molar-refractivity contribution in [3.63, 3.8) is 0 Å². The summed E-state index contributed by atoms with van der Waals surface area (Å²) < 4.78 is 2.03. The Balaban J connectivity index is 2.36. The van der Waals surface area contributed by atoms with Gasteiger partial charge in [-0.2, -0.15) is 0 Å². The van der Waals surface area contributed by atoms with E-state index in [-0.39, 0.29) is 0 Å². The van der Waals surface area contributed by atoms with Gasteiger partial charge >= 0.3 is 0 Å².